The fraction of sp³-hybridized carbons (Fsp3) is 0.0714. The van der Waals surface area contributed by atoms with Crippen molar-refractivity contribution in [1.82, 2.24) is 0 Å². The van der Waals surface area contributed by atoms with E-state index in [1.54, 1.807) is 0 Å². The minimum absolute atomic E-state index is 0.135. The lowest BCUT2D eigenvalue weighted by molar-refractivity contribution is 0.102. The highest BCUT2D eigenvalue weighted by Gasteiger charge is 2.18. The summed E-state index contributed by atoms with van der Waals surface area (Å²) in [5.74, 6) is -4.36. The molecule has 1 N–H and O–H groups in total. The third kappa shape index (κ3) is 3.83. The molecule has 0 aliphatic heterocycles. The van der Waals surface area contributed by atoms with E-state index in [9.17, 15) is 26.4 Å². The van der Waals surface area contributed by atoms with Crippen LogP contribution in [0.25, 0.3) is 0 Å². The van der Waals surface area contributed by atoms with Gasteiger partial charge in [0.05, 0.1) is 5.02 Å². The van der Waals surface area contributed by atoms with E-state index >= 15 is 0 Å². The number of hydrogen-bond donors (Lipinski definition) is 1. The highest BCUT2D eigenvalue weighted by molar-refractivity contribution is 7.90. The number of carbonyl (C=O) groups is 1. The smallest absolute Gasteiger partial charge is 0.255 e. The van der Waals surface area contributed by atoms with Crippen LogP contribution in [0.5, 0.6) is 0 Å². The van der Waals surface area contributed by atoms with Crippen molar-refractivity contribution < 1.29 is 26.4 Å². The molecule has 0 radical (unpaired) electrons. The normalized spacial score (nSPS) is 11.3. The van der Waals surface area contributed by atoms with Crippen LogP contribution in [0.4, 0.5) is 18.9 Å². The summed E-state index contributed by atoms with van der Waals surface area (Å²) in [6, 6.07) is 4.42. The van der Waals surface area contributed by atoms with Gasteiger partial charge in [-0.3, -0.25) is 4.79 Å². The van der Waals surface area contributed by atoms with Crippen LogP contribution < -0.4 is 5.32 Å². The fourth-order valence-corrected chi connectivity index (χ4v) is 2.73. The summed E-state index contributed by atoms with van der Waals surface area (Å²) in [6.07, 6.45) is 0.794. The molecule has 0 bridgehead atoms. The number of carbonyl (C=O) groups excluding carboxylic acids is 1. The first-order chi connectivity index (χ1) is 10.6. The molecule has 0 spiro atoms. The van der Waals surface area contributed by atoms with Gasteiger partial charge in [-0.15, -0.1) is 0 Å². The molecule has 2 aromatic rings. The predicted octanol–water partition coefficient (Wildman–Crippen LogP) is 3.41. The van der Waals surface area contributed by atoms with Crippen molar-refractivity contribution in [2.45, 2.75) is 4.90 Å². The Labute approximate surface area is 134 Å². The zero-order valence-electron chi connectivity index (χ0n) is 11.5. The van der Waals surface area contributed by atoms with Crippen molar-refractivity contribution in [3.05, 3.63) is 58.4 Å². The van der Waals surface area contributed by atoms with E-state index in [-0.39, 0.29) is 11.3 Å². The van der Waals surface area contributed by atoms with E-state index < -0.39 is 43.1 Å². The Morgan fingerprint density at radius 2 is 1.74 bits per heavy atom. The number of rotatable bonds is 3. The maximum Gasteiger partial charge on any atom is 0.255 e. The van der Waals surface area contributed by atoms with Crippen LogP contribution in [0.15, 0.2) is 35.2 Å². The third-order valence-corrected chi connectivity index (χ3v) is 4.22. The van der Waals surface area contributed by atoms with Crippen LogP contribution in [0.1, 0.15) is 10.4 Å². The number of halogens is 4. The van der Waals surface area contributed by atoms with Gasteiger partial charge in [0.25, 0.3) is 5.91 Å². The molecule has 0 fully saturated rings. The second-order valence-corrected chi connectivity index (χ2v) is 7.02. The fourth-order valence-electron chi connectivity index (χ4n) is 1.76. The van der Waals surface area contributed by atoms with Crippen molar-refractivity contribution >= 4 is 33.0 Å². The van der Waals surface area contributed by atoms with Crippen LogP contribution in [0, 0.1) is 17.5 Å². The van der Waals surface area contributed by atoms with E-state index in [1.165, 1.54) is 0 Å². The Morgan fingerprint density at radius 3 is 2.30 bits per heavy atom. The Hall–Kier alpha value is -2.06. The summed E-state index contributed by atoms with van der Waals surface area (Å²) in [5, 5.41) is 1.69. The molecule has 0 aliphatic rings. The molecule has 0 saturated heterocycles. The van der Waals surface area contributed by atoms with E-state index in [0.717, 1.165) is 30.5 Å². The first-order valence-electron chi connectivity index (χ1n) is 6.05. The van der Waals surface area contributed by atoms with Crippen molar-refractivity contribution in [3.8, 4) is 0 Å². The minimum Gasteiger partial charge on any atom is -0.322 e. The second-order valence-electron chi connectivity index (χ2n) is 4.63. The molecular formula is C14H9ClF3NO3S. The van der Waals surface area contributed by atoms with Gasteiger partial charge in [-0.2, -0.15) is 0 Å². The van der Waals surface area contributed by atoms with Crippen molar-refractivity contribution in [2.75, 3.05) is 11.6 Å². The van der Waals surface area contributed by atoms with E-state index in [4.69, 9.17) is 11.6 Å². The zero-order chi connectivity index (χ0) is 17.4. The summed E-state index contributed by atoms with van der Waals surface area (Å²) in [7, 11) is -3.87. The standard InChI is InChI=1S/C14H9ClF3NO3S/c1-23(21,22)12-4-7(2-3-10(12)16)14(20)19-8-5-9(15)13(18)11(17)6-8/h2-6H,1H3,(H,19,20). The van der Waals surface area contributed by atoms with Gasteiger partial charge in [-0.25, -0.2) is 21.6 Å². The van der Waals surface area contributed by atoms with E-state index in [1.807, 2.05) is 0 Å². The molecular weight excluding hydrogens is 355 g/mol. The molecule has 9 heteroatoms. The average Bonchev–Trinajstić information content (AvgIpc) is 2.43. The molecule has 0 saturated carbocycles. The molecule has 0 unspecified atom stereocenters. The number of amides is 1. The Morgan fingerprint density at radius 1 is 1.09 bits per heavy atom. The summed E-state index contributed by atoms with van der Waals surface area (Å²) in [6.45, 7) is 0. The van der Waals surface area contributed by atoms with Crippen LogP contribution in [0.2, 0.25) is 5.02 Å². The highest BCUT2D eigenvalue weighted by Crippen LogP contribution is 2.24. The van der Waals surface area contributed by atoms with Gasteiger partial charge < -0.3 is 5.32 Å². The largest absolute Gasteiger partial charge is 0.322 e. The van der Waals surface area contributed by atoms with Gasteiger partial charge >= 0.3 is 0 Å². The first-order valence-corrected chi connectivity index (χ1v) is 8.32. The molecule has 4 nitrogen and oxygen atoms in total. The summed E-state index contributed by atoms with van der Waals surface area (Å²) < 4.78 is 62.7. The molecule has 0 aliphatic carbocycles. The maximum atomic E-state index is 13.5. The Kier molecular flexibility index (Phi) is 4.67. The first kappa shape index (κ1) is 17.3. The Balaban J connectivity index is 2.35. The van der Waals surface area contributed by atoms with E-state index in [2.05, 4.69) is 5.32 Å². The van der Waals surface area contributed by atoms with Crippen molar-refractivity contribution in [1.29, 1.82) is 0 Å². The molecule has 2 aromatic carbocycles. The lowest BCUT2D eigenvalue weighted by Crippen LogP contribution is -2.14. The van der Waals surface area contributed by atoms with Gasteiger partial charge in [-0.05, 0) is 24.3 Å². The molecule has 23 heavy (non-hydrogen) atoms. The monoisotopic (exact) mass is 363 g/mol. The quantitative estimate of drug-likeness (QED) is 0.850. The molecule has 1 amide bonds. The minimum atomic E-state index is -3.87. The maximum absolute atomic E-state index is 13.5. The van der Waals surface area contributed by atoms with Gasteiger partial charge in [0.1, 0.15) is 10.7 Å². The van der Waals surface area contributed by atoms with Crippen LogP contribution in [-0.4, -0.2) is 20.6 Å². The molecule has 0 heterocycles. The van der Waals surface area contributed by atoms with Crippen LogP contribution in [-0.2, 0) is 9.84 Å². The van der Waals surface area contributed by atoms with Crippen LogP contribution >= 0.6 is 11.6 Å². The average molecular weight is 364 g/mol. The lowest BCUT2D eigenvalue weighted by Gasteiger charge is -2.08. The number of benzene rings is 2. The molecule has 0 aromatic heterocycles. The van der Waals surface area contributed by atoms with Gasteiger partial charge in [-0.1, -0.05) is 11.6 Å². The van der Waals surface area contributed by atoms with Crippen molar-refractivity contribution in [3.63, 3.8) is 0 Å². The second kappa shape index (κ2) is 6.21. The lowest BCUT2D eigenvalue weighted by atomic mass is 10.2. The zero-order valence-corrected chi connectivity index (χ0v) is 13.1. The molecule has 2 rings (SSSR count). The highest BCUT2D eigenvalue weighted by atomic mass is 35.5. The number of sulfone groups is 1. The summed E-state index contributed by atoms with van der Waals surface area (Å²) >= 11 is 5.46. The Bertz CT molecular complexity index is 877. The number of hydrogen-bond acceptors (Lipinski definition) is 3. The van der Waals surface area contributed by atoms with E-state index in [0.29, 0.717) is 6.07 Å². The van der Waals surface area contributed by atoms with Gasteiger partial charge in [0.15, 0.2) is 21.5 Å². The topological polar surface area (TPSA) is 63.2 Å². The summed E-state index contributed by atoms with van der Waals surface area (Å²) in [4.78, 5) is 11.4. The van der Waals surface area contributed by atoms with Gasteiger partial charge in [0, 0.05) is 23.6 Å². The van der Waals surface area contributed by atoms with Crippen molar-refractivity contribution in [2.24, 2.45) is 0 Å². The molecule has 122 valence electrons. The number of nitrogens with one attached hydrogen (secondary N) is 1. The molecule has 0 atom stereocenters. The number of anilines is 1. The van der Waals surface area contributed by atoms with Crippen LogP contribution in [0.3, 0.4) is 0 Å². The SMILES string of the molecule is CS(=O)(=O)c1cc(C(=O)Nc2cc(F)c(F)c(Cl)c2)ccc1F. The third-order valence-electron chi connectivity index (χ3n) is 2.83. The summed E-state index contributed by atoms with van der Waals surface area (Å²) in [5.41, 5.74) is -0.309. The predicted molar refractivity (Wildman–Crippen MR) is 78.8 cm³/mol. The van der Waals surface area contributed by atoms with Gasteiger partial charge in [0.2, 0.25) is 0 Å².